The van der Waals surface area contributed by atoms with Gasteiger partial charge in [-0.25, -0.2) is 4.98 Å². The zero-order chi connectivity index (χ0) is 21.1. The first-order valence-corrected chi connectivity index (χ1v) is 10.6. The number of benzene rings is 2. The third kappa shape index (κ3) is 4.90. The monoisotopic (exact) mass is 404 g/mol. The summed E-state index contributed by atoms with van der Waals surface area (Å²) in [6.45, 7) is 6.65. The summed E-state index contributed by atoms with van der Waals surface area (Å²) in [5, 5.41) is 4.00. The van der Waals surface area contributed by atoms with Gasteiger partial charge >= 0.3 is 0 Å². The fraction of sp³-hybridized carbons (Fsp3) is 0.360. The molecule has 0 bridgehead atoms. The number of nitrogens with zero attached hydrogens (tertiary/aromatic N) is 1. The number of hydrogen-bond acceptors (Lipinski definition) is 4. The van der Waals surface area contributed by atoms with Gasteiger partial charge in [0.2, 0.25) is 11.8 Å². The molecule has 1 saturated carbocycles. The lowest BCUT2D eigenvalue weighted by Crippen LogP contribution is -2.25. The van der Waals surface area contributed by atoms with Gasteiger partial charge in [-0.3, -0.25) is 4.79 Å². The molecular weight excluding hydrogens is 376 g/mol. The Morgan fingerprint density at radius 2 is 2.00 bits per heavy atom. The van der Waals surface area contributed by atoms with Crippen molar-refractivity contribution >= 4 is 16.8 Å². The second-order valence-electron chi connectivity index (χ2n) is 8.03. The van der Waals surface area contributed by atoms with E-state index in [1.165, 1.54) is 12.8 Å². The lowest BCUT2D eigenvalue weighted by atomic mass is 10.1. The van der Waals surface area contributed by atoms with Crippen molar-refractivity contribution in [3.05, 3.63) is 59.7 Å². The van der Waals surface area contributed by atoms with Crippen LogP contribution in [-0.4, -0.2) is 17.5 Å². The van der Waals surface area contributed by atoms with Crippen molar-refractivity contribution in [3.8, 4) is 17.4 Å². The van der Waals surface area contributed by atoms with E-state index < -0.39 is 0 Å². The zero-order valence-electron chi connectivity index (χ0n) is 17.8. The number of pyridine rings is 1. The van der Waals surface area contributed by atoms with Crippen molar-refractivity contribution in [2.24, 2.45) is 5.92 Å². The summed E-state index contributed by atoms with van der Waals surface area (Å²) < 4.78 is 11.9. The Labute approximate surface area is 177 Å². The van der Waals surface area contributed by atoms with Crippen LogP contribution < -0.4 is 14.8 Å². The summed E-state index contributed by atoms with van der Waals surface area (Å²) in [6, 6.07) is 15.7. The average molecular weight is 405 g/mol. The van der Waals surface area contributed by atoms with Crippen LogP contribution >= 0.6 is 0 Å². The quantitative estimate of drug-likeness (QED) is 0.522. The van der Waals surface area contributed by atoms with Gasteiger partial charge in [-0.1, -0.05) is 13.0 Å². The molecule has 0 aliphatic heterocycles. The van der Waals surface area contributed by atoms with Crippen LogP contribution in [0.5, 0.6) is 17.4 Å². The second kappa shape index (κ2) is 8.74. The van der Waals surface area contributed by atoms with Gasteiger partial charge in [0.1, 0.15) is 11.5 Å². The summed E-state index contributed by atoms with van der Waals surface area (Å²) >= 11 is 0. The number of nitrogens with one attached hydrogen (secondary N) is 1. The number of ether oxygens (including phenoxy) is 2. The number of aryl methyl sites for hydroxylation is 1. The highest BCUT2D eigenvalue weighted by atomic mass is 16.5. The predicted molar refractivity (Wildman–Crippen MR) is 118 cm³/mol. The van der Waals surface area contributed by atoms with Crippen LogP contribution in [0.15, 0.2) is 48.5 Å². The molecule has 1 amide bonds. The molecule has 4 rings (SSSR count). The maximum absolute atomic E-state index is 11.6. The topological polar surface area (TPSA) is 60.5 Å². The first-order valence-electron chi connectivity index (χ1n) is 10.6. The van der Waals surface area contributed by atoms with Crippen LogP contribution in [0.2, 0.25) is 0 Å². The van der Waals surface area contributed by atoms with Crippen molar-refractivity contribution in [2.45, 2.75) is 46.1 Å². The minimum Gasteiger partial charge on any atom is -0.493 e. The van der Waals surface area contributed by atoms with Crippen molar-refractivity contribution in [2.75, 3.05) is 6.61 Å². The van der Waals surface area contributed by atoms with E-state index >= 15 is 0 Å². The van der Waals surface area contributed by atoms with Crippen LogP contribution in [-0.2, 0) is 4.79 Å². The molecule has 30 heavy (non-hydrogen) atoms. The Balaban J connectivity index is 1.46. The van der Waals surface area contributed by atoms with Gasteiger partial charge in [-0.2, -0.15) is 0 Å². The molecule has 0 radical (unpaired) electrons. The smallest absolute Gasteiger partial charge is 0.220 e. The largest absolute Gasteiger partial charge is 0.493 e. The molecule has 1 heterocycles. The van der Waals surface area contributed by atoms with Gasteiger partial charge < -0.3 is 14.8 Å². The van der Waals surface area contributed by atoms with Crippen LogP contribution in [0.1, 0.15) is 50.3 Å². The zero-order valence-corrected chi connectivity index (χ0v) is 17.8. The summed E-state index contributed by atoms with van der Waals surface area (Å²) in [4.78, 5) is 16.3. The molecule has 1 N–H and O–H groups in total. The Kier molecular flexibility index (Phi) is 5.88. The maximum Gasteiger partial charge on any atom is 0.220 e. The number of rotatable bonds is 8. The van der Waals surface area contributed by atoms with E-state index in [0.29, 0.717) is 12.3 Å². The SMILES string of the molecule is CCC(=O)NC(C)c1ccc2nc(Oc3ccc(OCC4CC4)cc3C)ccc2c1. The van der Waals surface area contributed by atoms with E-state index in [9.17, 15) is 4.79 Å². The Bertz CT molecular complexity index is 1060. The van der Waals surface area contributed by atoms with Crippen LogP contribution in [0.3, 0.4) is 0 Å². The maximum atomic E-state index is 11.6. The number of carbonyl (C=O) groups is 1. The number of fused-ring (bicyclic) bond motifs is 1. The molecule has 5 heteroatoms. The lowest BCUT2D eigenvalue weighted by Gasteiger charge is -2.15. The molecule has 3 aromatic rings. The van der Waals surface area contributed by atoms with Crippen LogP contribution in [0.4, 0.5) is 0 Å². The van der Waals surface area contributed by atoms with Gasteiger partial charge in [-0.05, 0) is 80.1 Å². The number of hydrogen-bond donors (Lipinski definition) is 1. The highest BCUT2D eigenvalue weighted by Gasteiger charge is 2.22. The number of aromatic nitrogens is 1. The molecule has 156 valence electrons. The van der Waals surface area contributed by atoms with Crippen molar-refractivity contribution < 1.29 is 14.3 Å². The molecule has 1 aliphatic carbocycles. The van der Waals surface area contributed by atoms with E-state index in [1.807, 2.05) is 63.2 Å². The molecule has 5 nitrogen and oxygen atoms in total. The Hall–Kier alpha value is -3.08. The second-order valence-corrected chi connectivity index (χ2v) is 8.03. The van der Waals surface area contributed by atoms with Gasteiger partial charge in [0.15, 0.2) is 0 Å². The fourth-order valence-corrected chi connectivity index (χ4v) is 3.32. The average Bonchev–Trinajstić information content (AvgIpc) is 3.58. The summed E-state index contributed by atoms with van der Waals surface area (Å²) in [5.41, 5.74) is 2.92. The number of carbonyl (C=O) groups excluding carboxylic acids is 1. The fourth-order valence-electron chi connectivity index (χ4n) is 3.32. The van der Waals surface area contributed by atoms with Crippen molar-refractivity contribution in [3.63, 3.8) is 0 Å². The van der Waals surface area contributed by atoms with Crippen LogP contribution in [0, 0.1) is 12.8 Å². The van der Waals surface area contributed by atoms with E-state index in [0.717, 1.165) is 46.1 Å². The van der Waals surface area contributed by atoms with Crippen LogP contribution in [0.25, 0.3) is 10.9 Å². The van der Waals surface area contributed by atoms with Gasteiger partial charge in [0, 0.05) is 17.9 Å². The van der Waals surface area contributed by atoms with E-state index in [-0.39, 0.29) is 11.9 Å². The van der Waals surface area contributed by atoms with Crippen molar-refractivity contribution in [1.82, 2.24) is 10.3 Å². The van der Waals surface area contributed by atoms with Crippen molar-refractivity contribution in [1.29, 1.82) is 0 Å². The predicted octanol–water partition coefficient (Wildman–Crippen LogP) is 5.71. The molecule has 1 aromatic heterocycles. The molecular formula is C25H28N2O3. The minimum absolute atomic E-state index is 0.0407. The van der Waals surface area contributed by atoms with Gasteiger partial charge in [-0.15, -0.1) is 0 Å². The highest BCUT2D eigenvalue weighted by Crippen LogP contribution is 2.32. The first-order chi connectivity index (χ1) is 14.5. The first kappa shape index (κ1) is 20.2. The molecule has 0 spiro atoms. The summed E-state index contributed by atoms with van der Waals surface area (Å²) in [6.07, 6.45) is 3.04. The van der Waals surface area contributed by atoms with Gasteiger partial charge in [0.25, 0.3) is 0 Å². The third-order valence-electron chi connectivity index (χ3n) is 5.43. The Morgan fingerprint density at radius 3 is 2.73 bits per heavy atom. The van der Waals surface area contributed by atoms with Gasteiger partial charge in [0.05, 0.1) is 18.2 Å². The lowest BCUT2D eigenvalue weighted by molar-refractivity contribution is -0.121. The van der Waals surface area contributed by atoms with E-state index in [1.54, 1.807) is 0 Å². The molecule has 1 unspecified atom stereocenters. The highest BCUT2D eigenvalue weighted by molar-refractivity contribution is 5.80. The number of amides is 1. The standard InChI is InChI=1S/C25H28N2O3/c1-4-24(28)26-17(3)19-7-10-22-20(14-19)8-12-25(27-22)30-23-11-9-21(13-16(23)2)29-15-18-5-6-18/h7-14,17-18H,4-6,15H2,1-3H3,(H,26,28). The normalized spacial score (nSPS) is 14.4. The molecule has 2 aromatic carbocycles. The minimum atomic E-state index is -0.0407. The van der Waals surface area contributed by atoms with E-state index in [2.05, 4.69) is 16.4 Å². The summed E-state index contributed by atoms with van der Waals surface area (Å²) in [5.74, 6) is 2.98. The molecule has 1 atom stereocenters. The Morgan fingerprint density at radius 1 is 1.17 bits per heavy atom. The molecule has 1 fully saturated rings. The summed E-state index contributed by atoms with van der Waals surface area (Å²) in [7, 11) is 0. The molecule has 0 saturated heterocycles. The van der Waals surface area contributed by atoms with E-state index in [4.69, 9.17) is 9.47 Å². The molecule has 1 aliphatic rings. The third-order valence-corrected chi connectivity index (χ3v) is 5.43.